The number of nitrogens with zero attached hydrogens (tertiary/aromatic N) is 4. The van der Waals surface area contributed by atoms with Crippen molar-refractivity contribution in [1.29, 1.82) is 0 Å². The zero-order valence-electron chi connectivity index (χ0n) is 16.5. The molecular weight excluding hydrogens is 378 g/mol. The van der Waals surface area contributed by atoms with Gasteiger partial charge in [-0.25, -0.2) is 0 Å². The second-order valence-electron chi connectivity index (χ2n) is 7.04. The van der Waals surface area contributed by atoms with Gasteiger partial charge in [0, 0.05) is 43.9 Å². The summed E-state index contributed by atoms with van der Waals surface area (Å²) in [6.07, 6.45) is 0. The van der Waals surface area contributed by atoms with Gasteiger partial charge in [0.05, 0.1) is 24.3 Å². The summed E-state index contributed by atoms with van der Waals surface area (Å²) in [5.74, 6) is -0.00711. The number of carbonyl (C=O) groups excluding carboxylic acids is 2. The highest BCUT2D eigenvalue weighted by Gasteiger charge is 2.27. The van der Waals surface area contributed by atoms with Gasteiger partial charge in [-0.15, -0.1) is 0 Å². The summed E-state index contributed by atoms with van der Waals surface area (Å²) in [5, 5.41) is 7.90. The van der Waals surface area contributed by atoms with Crippen LogP contribution in [-0.2, 0) is 11.3 Å². The third-order valence-corrected chi connectivity index (χ3v) is 5.55. The van der Waals surface area contributed by atoms with E-state index in [1.807, 2.05) is 47.7 Å². The Kier molecular flexibility index (Phi) is 6.36. The minimum absolute atomic E-state index is 0.00000155. The first-order chi connectivity index (χ1) is 13.4. The molecule has 150 valence electrons. The Hall–Kier alpha value is -2.38. The average Bonchev–Trinajstić information content (AvgIpc) is 2.96. The Morgan fingerprint density at radius 1 is 1.14 bits per heavy atom. The maximum atomic E-state index is 13.1. The van der Waals surface area contributed by atoms with Gasteiger partial charge in [0.15, 0.2) is 0 Å². The maximum Gasteiger partial charge on any atom is 0.257 e. The van der Waals surface area contributed by atoms with E-state index in [1.165, 1.54) is 0 Å². The smallest absolute Gasteiger partial charge is 0.257 e. The highest BCUT2D eigenvalue weighted by Crippen LogP contribution is 2.21. The molecule has 1 aliphatic rings. The van der Waals surface area contributed by atoms with Crippen LogP contribution in [0, 0.1) is 13.8 Å². The summed E-state index contributed by atoms with van der Waals surface area (Å²) in [6, 6.07) is 7.65. The van der Waals surface area contributed by atoms with Gasteiger partial charge in [-0.3, -0.25) is 19.2 Å². The molecule has 8 heteroatoms. The fourth-order valence-corrected chi connectivity index (χ4v) is 3.69. The fourth-order valence-electron chi connectivity index (χ4n) is 3.50. The molecule has 28 heavy (non-hydrogen) atoms. The molecule has 2 amide bonds. The van der Waals surface area contributed by atoms with Crippen LogP contribution in [0.2, 0.25) is 5.02 Å². The molecule has 2 aromatic rings. The second kappa shape index (κ2) is 8.75. The van der Waals surface area contributed by atoms with E-state index in [-0.39, 0.29) is 11.8 Å². The number of piperazine rings is 1. The Balaban J connectivity index is 1.70. The third kappa shape index (κ3) is 4.36. The SMILES string of the molecule is CNC(=O)CN1CCN(C(=O)c2c(C)nn(Cc3ccccc3Cl)c2C)CC1. The number of likely N-dealkylation sites (N-methyl/N-ethyl adjacent to an activating group) is 1. The zero-order valence-corrected chi connectivity index (χ0v) is 17.3. The molecule has 0 unspecified atom stereocenters. The number of hydrogen-bond acceptors (Lipinski definition) is 4. The first kappa shape index (κ1) is 20.4. The number of aromatic nitrogens is 2. The number of aryl methyl sites for hydroxylation is 1. The summed E-state index contributed by atoms with van der Waals surface area (Å²) < 4.78 is 1.84. The molecule has 1 saturated heterocycles. The van der Waals surface area contributed by atoms with E-state index < -0.39 is 0 Å². The number of amides is 2. The molecule has 7 nitrogen and oxygen atoms in total. The Labute approximate surface area is 170 Å². The predicted molar refractivity (Wildman–Crippen MR) is 109 cm³/mol. The van der Waals surface area contributed by atoms with Crippen molar-refractivity contribution < 1.29 is 9.59 Å². The molecule has 1 N–H and O–H groups in total. The first-order valence-corrected chi connectivity index (χ1v) is 9.78. The van der Waals surface area contributed by atoms with Crippen molar-refractivity contribution in [3.63, 3.8) is 0 Å². The highest BCUT2D eigenvalue weighted by molar-refractivity contribution is 6.31. The van der Waals surface area contributed by atoms with Crippen LogP contribution in [0.4, 0.5) is 0 Å². The van der Waals surface area contributed by atoms with Gasteiger partial charge < -0.3 is 10.2 Å². The number of carbonyl (C=O) groups is 2. The summed E-state index contributed by atoms with van der Waals surface area (Å²) in [7, 11) is 1.63. The highest BCUT2D eigenvalue weighted by atomic mass is 35.5. The van der Waals surface area contributed by atoms with E-state index in [1.54, 1.807) is 7.05 Å². The zero-order chi connectivity index (χ0) is 20.3. The standard InChI is InChI=1S/C20H26ClN5O2/c1-14-19(15(2)26(23-14)12-16-6-4-5-7-17(16)21)20(28)25-10-8-24(9-11-25)13-18(27)22-3/h4-7H,8-13H2,1-3H3,(H,22,27). The van der Waals surface area contributed by atoms with Gasteiger partial charge >= 0.3 is 0 Å². The Morgan fingerprint density at radius 3 is 2.46 bits per heavy atom. The molecule has 0 spiro atoms. The van der Waals surface area contributed by atoms with E-state index in [2.05, 4.69) is 15.3 Å². The van der Waals surface area contributed by atoms with Crippen LogP contribution in [0.25, 0.3) is 0 Å². The molecule has 0 radical (unpaired) electrons. The van der Waals surface area contributed by atoms with Gasteiger partial charge in [0.2, 0.25) is 5.91 Å². The van der Waals surface area contributed by atoms with E-state index in [9.17, 15) is 9.59 Å². The lowest BCUT2D eigenvalue weighted by molar-refractivity contribution is -0.122. The number of rotatable bonds is 5. The number of hydrogen-bond donors (Lipinski definition) is 1. The van der Waals surface area contributed by atoms with Crippen molar-refractivity contribution in [2.24, 2.45) is 0 Å². The lowest BCUT2D eigenvalue weighted by Gasteiger charge is -2.34. The van der Waals surface area contributed by atoms with Crippen molar-refractivity contribution >= 4 is 23.4 Å². The second-order valence-corrected chi connectivity index (χ2v) is 7.44. The summed E-state index contributed by atoms with van der Waals surface area (Å²) in [6.45, 7) is 7.26. The lowest BCUT2D eigenvalue weighted by atomic mass is 10.1. The fraction of sp³-hybridized carbons (Fsp3) is 0.450. The average molecular weight is 404 g/mol. The monoisotopic (exact) mass is 403 g/mol. The van der Waals surface area contributed by atoms with Gasteiger partial charge in [0.25, 0.3) is 5.91 Å². The quantitative estimate of drug-likeness (QED) is 0.825. The molecule has 1 aromatic heterocycles. The van der Waals surface area contributed by atoms with Crippen molar-refractivity contribution in [2.75, 3.05) is 39.8 Å². The molecule has 2 heterocycles. The molecule has 3 rings (SSSR count). The van der Waals surface area contributed by atoms with Crippen LogP contribution in [-0.4, -0.2) is 71.2 Å². The van der Waals surface area contributed by atoms with E-state index in [0.717, 1.165) is 17.0 Å². The van der Waals surface area contributed by atoms with Crippen molar-refractivity contribution in [2.45, 2.75) is 20.4 Å². The molecule has 1 aliphatic heterocycles. The molecule has 0 saturated carbocycles. The molecule has 0 aliphatic carbocycles. The molecule has 0 bridgehead atoms. The normalized spacial score (nSPS) is 14.9. The van der Waals surface area contributed by atoms with Crippen LogP contribution in [0.15, 0.2) is 24.3 Å². The van der Waals surface area contributed by atoms with E-state index in [0.29, 0.717) is 49.9 Å². The topological polar surface area (TPSA) is 70.5 Å². The molecular formula is C20H26ClN5O2. The predicted octanol–water partition coefficient (Wildman–Crippen LogP) is 1.71. The van der Waals surface area contributed by atoms with E-state index >= 15 is 0 Å². The minimum Gasteiger partial charge on any atom is -0.358 e. The van der Waals surface area contributed by atoms with Gasteiger partial charge in [0.1, 0.15) is 0 Å². The van der Waals surface area contributed by atoms with Gasteiger partial charge in [-0.1, -0.05) is 29.8 Å². The van der Waals surface area contributed by atoms with Crippen LogP contribution in [0.1, 0.15) is 27.3 Å². The molecule has 0 atom stereocenters. The Bertz CT molecular complexity index is 871. The number of halogens is 1. The molecule has 1 aromatic carbocycles. The minimum atomic E-state index is -0.00712. The van der Waals surface area contributed by atoms with Crippen LogP contribution >= 0.6 is 11.6 Å². The van der Waals surface area contributed by atoms with E-state index in [4.69, 9.17) is 11.6 Å². The Morgan fingerprint density at radius 2 is 1.82 bits per heavy atom. The van der Waals surface area contributed by atoms with Gasteiger partial charge in [-0.05, 0) is 25.5 Å². The van der Waals surface area contributed by atoms with Crippen molar-refractivity contribution in [1.82, 2.24) is 24.9 Å². The van der Waals surface area contributed by atoms with Gasteiger partial charge in [-0.2, -0.15) is 5.10 Å². The summed E-state index contributed by atoms with van der Waals surface area (Å²) in [4.78, 5) is 28.5. The van der Waals surface area contributed by atoms with Crippen molar-refractivity contribution in [3.8, 4) is 0 Å². The van der Waals surface area contributed by atoms with Crippen molar-refractivity contribution in [3.05, 3.63) is 51.8 Å². The summed E-state index contributed by atoms with van der Waals surface area (Å²) in [5.41, 5.74) is 3.20. The maximum absolute atomic E-state index is 13.1. The van der Waals surface area contributed by atoms with Crippen LogP contribution in [0.3, 0.4) is 0 Å². The number of nitrogens with one attached hydrogen (secondary N) is 1. The summed E-state index contributed by atoms with van der Waals surface area (Å²) >= 11 is 6.27. The van der Waals surface area contributed by atoms with Crippen LogP contribution < -0.4 is 5.32 Å². The number of benzene rings is 1. The first-order valence-electron chi connectivity index (χ1n) is 9.40. The molecule has 1 fully saturated rings. The largest absolute Gasteiger partial charge is 0.358 e. The lowest BCUT2D eigenvalue weighted by Crippen LogP contribution is -2.51. The van der Waals surface area contributed by atoms with Crippen LogP contribution in [0.5, 0.6) is 0 Å². The third-order valence-electron chi connectivity index (χ3n) is 5.18.